The number of nitrogens with two attached hydrogens (primary N) is 1. The zero-order chi connectivity index (χ0) is 15.4. The maximum absolute atomic E-state index is 11.7. The predicted octanol–water partition coefficient (Wildman–Crippen LogP) is 3.03. The van der Waals surface area contributed by atoms with Gasteiger partial charge in [-0.3, -0.25) is 0 Å². The van der Waals surface area contributed by atoms with Crippen molar-refractivity contribution in [1.29, 1.82) is 0 Å². The Hall–Kier alpha value is -1.52. The molecule has 1 aromatic rings. The molecule has 1 aliphatic rings. The number of hydrogen-bond donors (Lipinski definition) is 1. The van der Waals surface area contributed by atoms with Gasteiger partial charge in [0, 0.05) is 13.0 Å². The zero-order valence-electron chi connectivity index (χ0n) is 13.4. The second-order valence-corrected chi connectivity index (χ2v) is 6.17. The molecule has 0 radical (unpaired) electrons. The van der Waals surface area contributed by atoms with Gasteiger partial charge in [0.05, 0.1) is 7.11 Å². The highest BCUT2D eigenvalue weighted by atomic mass is 16.5. The molecule has 2 rings (SSSR count). The molecular weight excluding hydrogens is 266 g/mol. The lowest BCUT2D eigenvalue weighted by molar-refractivity contribution is 0.0595. The number of ether oxygens (including phenoxy) is 1. The second-order valence-electron chi connectivity index (χ2n) is 6.17. The standard InChI is InChI=1S/C16H27N3O2/c1-4-13-18-14(16(20)21-3)15(17)19(13)10-9-12-7-5-11(2)6-8-12/h11-12H,4-10,17H2,1-3H3. The van der Waals surface area contributed by atoms with Crippen LogP contribution in [0.2, 0.25) is 0 Å². The Bertz CT molecular complexity index is 488. The van der Waals surface area contributed by atoms with Crippen molar-refractivity contribution < 1.29 is 9.53 Å². The number of imidazole rings is 1. The Morgan fingerprint density at radius 3 is 2.62 bits per heavy atom. The molecule has 0 amide bonds. The Morgan fingerprint density at radius 2 is 2.05 bits per heavy atom. The molecule has 1 aliphatic carbocycles. The average molecular weight is 293 g/mol. The number of carbonyl (C=O) groups excluding carboxylic acids is 1. The normalized spacial score (nSPS) is 22.2. The van der Waals surface area contributed by atoms with Crippen LogP contribution in [0.4, 0.5) is 5.82 Å². The lowest BCUT2D eigenvalue weighted by Gasteiger charge is -2.26. The topological polar surface area (TPSA) is 70.1 Å². The molecule has 0 saturated heterocycles. The number of hydrogen-bond acceptors (Lipinski definition) is 4. The fraction of sp³-hybridized carbons (Fsp3) is 0.750. The summed E-state index contributed by atoms with van der Waals surface area (Å²) in [6.07, 6.45) is 7.15. The van der Waals surface area contributed by atoms with Crippen LogP contribution in [-0.4, -0.2) is 22.6 Å². The molecule has 1 saturated carbocycles. The highest BCUT2D eigenvalue weighted by molar-refractivity contribution is 5.92. The molecule has 2 N–H and O–H groups in total. The molecule has 0 unspecified atom stereocenters. The first kappa shape index (κ1) is 15.9. The molecule has 1 heterocycles. The van der Waals surface area contributed by atoms with E-state index in [-0.39, 0.29) is 5.69 Å². The Balaban J connectivity index is 2.05. The summed E-state index contributed by atoms with van der Waals surface area (Å²) in [5, 5.41) is 0. The summed E-state index contributed by atoms with van der Waals surface area (Å²) in [5.74, 6) is 2.51. The summed E-state index contributed by atoms with van der Waals surface area (Å²) in [6.45, 7) is 5.21. The van der Waals surface area contributed by atoms with Crippen molar-refractivity contribution in [3.8, 4) is 0 Å². The van der Waals surface area contributed by atoms with Gasteiger partial charge in [-0.15, -0.1) is 0 Å². The van der Waals surface area contributed by atoms with Gasteiger partial charge in [-0.25, -0.2) is 9.78 Å². The fourth-order valence-electron chi connectivity index (χ4n) is 3.21. The highest BCUT2D eigenvalue weighted by Crippen LogP contribution is 2.31. The van der Waals surface area contributed by atoms with Crippen LogP contribution in [0.25, 0.3) is 0 Å². The van der Waals surface area contributed by atoms with Crippen LogP contribution in [0.5, 0.6) is 0 Å². The van der Waals surface area contributed by atoms with Crippen molar-refractivity contribution in [1.82, 2.24) is 9.55 Å². The van der Waals surface area contributed by atoms with Gasteiger partial charge in [0.15, 0.2) is 5.69 Å². The molecule has 0 aliphatic heterocycles. The summed E-state index contributed by atoms with van der Waals surface area (Å²) in [7, 11) is 1.36. The third-order valence-electron chi connectivity index (χ3n) is 4.68. The molecule has 0 aromatic carbocycles. The van der Waals surface area contributed by atoms with E-state index >= 15 is 0 Å². The number of methoxy groups -OCH3 is 1. The first-order chi connectivity index (χ1) is 10.1. The van der Waals surface area contributed by atoms with E-state index in [2.05, 4.69) is 11.9 Å². The van der Waals surface area contributed by atoms with Crippen molar-refractivity contribution in [2.45, 2.75) is 58.9 Å². The molecule has 0 spiro atoms. The first-order valence-corrected chi connectivity index (χ1v) is 8.00. The largest absolute Gasteiger partial charge is 0.464 e. The van der Waals surface area contributed by atoms with E-state index in [1.54, 1.807) is 0 Å². The smallest absolute Gasteiger partial charge is 0.360 e. The molecule has 1 fully saturated rings. The van der Waals surface area contributed by atoms with Gasteiger partial charge >= 0.3 is 5.97 Å². The zero-order valence-corrected chi connectivity index (χ0v) is 13.4. The van der Waals surface area contributed by atoms with Crippen molar-refractivity contribution in [2.75, 3.05) is 12.8 Å². The molecule has 21 heavy (non-hydrogen) atoms. The third-order valence-corrected chi connectivity index (χ3v) is 4.68. The number of esters is 1. The minimum Gasteiger partial charge on any atom is -0.464 e. The number of rotatable bonds is 5. The molecule has 1 aromatic heterocycles. The Kier molecular flexibility index (Phi) is 5.26. The maximum atomic E-state index is 11.7. The van der Waals surface area contributed by atoms with Crippen molar-refractivity contribution >= 4 is 11.8 Å². The highest BCUT2D eigenvalue weighted by Gasteiger charge is 2.22. The van der Waals surface area contributed by atoms with Gasteiger partial charge in [0.2, 0.25) is 0 Å². The summed E-state index contributed by atoms with van der Waals surface area (Å²) < 4.78 is 6.73. The number of nitrogen functional groups attached to an aromatic ring is 1. The molecule has 118 valence electrons. The Morgan fingerprint density at radius 1 is 1.38 bits per heavy atom. The van der Waals surface area contributed by atoms with E-state index in [0.717, 1.165) is 37.0 Å². The minimum absolute atomic E-state index is 0.256. The minimum atomic E-state index is -0.451. The third kappa shape index (κ3) is 3.57. The summed E-state index contributed by atoms with van der Waals surface area (Å²) in [4.78, 5) is 16.0. The van der Waals surface area contributed by atoms with Crippen molar-refractivity contribution in [2.24, 2.45) is 11.8 Å². The number of anilines is 1. The molecule has 0 atom stereocenters. The number of aromatic nitrogens is 2. The molecule has 5 nitrogen and oxygen atoms in total. The van der Waals surface area contributed by atoms with Crippen LogP contribution in [0.3, 0.4) is 0 Å². The van der Waals surface area contributed by atoms with E-state index in [4.69, 9.17) is 10.5 Å². The average Bonchev–Trinajstić information content (AvgIpc) is 2.82. The first-order valence-electron chi connectivity index (χ1n) is 8.00. The Labute approximate surface area is 126 Å². The van der Waals surface area contributed by atoms with Crippen LogP contribution in [0.1, 0.15) is 62.3 Å². The van der Waals surface area contributed by atoms with E-state index in [1.165, 1.54) is 32.8 Å². The lowest BCUT2D eigenvalue weighted by Crippen LogP contribution is -2.16. The number of nitrogens with zero attached hydrogens (tertiary/aromatic N) is 2. The molecule has 0 bridgehead atoms. The van der Waals surface area contributed by atoms with E-state index < -0.39 is 5.97 Å². The van der Waals surface area contributed by atoms with Gasteiger partial charge in [-0.1, -0.05) is 39.5 Å². The van der Waals surface area contributed by atoms with Gasteiger partial charge in [-0.2, -0.15) is 0 Å². The summed E-state index contributed by atoms with van der Waals surface area (Å²) in [5.41, 5.74) is 6.35. The van der Waals surface area contributed by atoms with Crippen molar-refractivity contribution in [3.05, 3.63) is 11.5 Å². The van der Waals surface area contributed by atoms with Gasteiger partial charge < -0.3 is 15.0 Å². The molecular formula is C16H27N3O2. The van der Waals surface area contributed by atoms with Crippen LogP contribution in [0, 0.1) is 11.8 Å². The van der Waals surface area contributed by atoms with Crippen LogP contribution in [0.15, 0.2) is 0 Å². The number of carbonyl (C=O) groups is 1. The van der Waals surface area contributed by atoms with Crippen LogP contribution >= 0.6 is 0 Å². The lowest BCUT2D eigenvalue weighted by atomic mass is 9.81. The maximum Gasteiger partial charge on any atom is 0.360 e. The van der Waals surface area contributed by atoms with Crippen molar-refractivity contribution in [3.63, 3.8) is 0 Å². The number of aryl methyl sites for hydroxylation is 1. The quantitative estimate of drug-likeness (QED) is 0.847. The molecule has 5 heteroatoms. The predicted molar refractivity (Wildman–Crippen MR) is 83.1 cm³/mol. The van der Waals surface area contributed by atoms with Gasteiger partial charge in [0.25, 0.3) is 0 Å². The second kappa shape index (κ2) is 6.96. The van der Waals surface area contributed by atoms with Crippen LogP contribution < -0.4 is 5.73 Å². The van der Waals surface area contributed by atoms with Gasteiger partial charge in [0.1, 0.15) is 11.6 Å². The SMILES string of the molecule is CCc1nc(C(=O)OC)c(N)n1CCC1CCC(C)CC1. The van der Waals surface area contributed by atoms with E-state index in [9.17, 15) is 4.79 Å². The van der Waals surface area contributed by atoms with Gasteiger partial charge in [-0.05, 0) is 18.3 Å². The van der Waals surface area contributed by atoms with E-state index in [1.807, 2.05) is 11.5 Å². The fourth-order valence-corrected chi connectivity index (χ4v) is 3.21. The van der Waals surface area contributed by atoms with E-state index in [0.29, 0.717) is 5.82 Å². The summed E-state index contributed by atoms with van der Waals surface area (Å²) in [6, 6.07) is 0. The summed E-state index contributed by atoms with van der Waals surface area (Å²) >= 11 is 0. The van der Waals surface area contributed by atoms with Crippen LogP contribution in [-0.2, 0) is 17.7 Å². The monoisotopic (exact) mass is 293 g/mol.